The number of rotatable bonds is 6. The SMILES string of the molecule is NC(=O)c1cc(F)cc(C(F)(F)F)c1-c1cc(NCC(F)F)c(O)c2c1C(c1cc(F)ccc1Cl)NC2=O. The molecule has 0 radical (unpaired) electrons. The van der Waals surface area contributed by atoms with Crippen LogP contribution in [0, 0.1) is 11.6 Å². The maximum absolute atomic E-state index is 14.2. The summed E-state index contributed by atoms with van der Waals surface area (Å²) >= 11 is 6.17. The molecule has 0 saturated carbocycles. The fraction of sp³-hybridized carbons (Fsp3) is 0.167. The van der Waals surface area contributed by atoms with Gasteiger partial charge in [0.05, 0.1) is 35.0 Å². The summed E-state index contributed by atoms with van der Waals surface area (Å²) in [5.74, 6) is -5.75. The molecule has 4 rings (SSSR count). The highest BCUT2D eigenvalue weighted by atomic mass is 35.5. The molecule has 5 N–H and O–H groups in total. The van der Waals surface area contributed by atoms with Gasteiger partial charge in [0.15, 0.2) is 5.75 Å². The molecule has 1 atom stereocenters. The molecule has 0 aromatic heterocycles. The molecule has 0 bridgehead atoms. The summed E-state index contributed by atoms with van der Waals surface area (Å²) < 4.78 is 96.4. The average Bonchev–Trinajstić information content (AvgIpc) is 3.16. The standard InChI is InChI=1S/C24H15ClF7N3O3/c25-14-2-1-8(26)3-10(14)20-18-11(6-15(34-7-16(28)29)21(36)19(18)23(38)35-20)17-12(22(33)37)4-9(27)5-13(17)24(30,31)32/h1-6,16,20,34,36H,7H2,(H2,33,37)(H,35,38). The van der Waals surface area contributed by atoms with Crippen molar-refractivity contribution in [1.29, 1.82) is 0 Å². The summed E-state index contributed by atoms with van der Waals surface area (Å²) in [6.07, 6.45) is -8.25. The Bertz CT molecular complexity index is 1480. The number of amides is 2. The van der Waals surface area contributed by atoms with Crippen LogP contribution < -0.4 is 16.4 Å². The van der Waals surface area contributed by atoms with Crippen LogP contribution in [0.25, 0.3) is 11.1 Å². The number of nitrogens with one attached hydrogen (secondary N) is 2. The lowest BCUT2D eigenvalue weighted by atomic mass is 9.84. The fourth-order valence-corrected chi connectivity index (χ4v) is 4.53. The van der Waals surface area contributed by atoms with Crippen LogP contribution in [-0.2, 0) is 6.18 Å². The highest BCUT2D eigenvalue weighted by Gasteiger charge is 2.42. The number of carbonyl (C=O) groups is 2. The third-order valence-electron chi connectivity index (χ3n) is 5.79. The number of primary amides is 1. The lowest BCUT2D eigenvalue weighted by molar-refractivity contribution is -0.137. The lowest BCUT2D eigenvalue weighted by Crippen LogP contribution is -2.21. The van der Waals surface area contributed by atoms with E-state index in [4.69, 9.17) is 17.3 Å². The van der Waals surface area contributed by atoms with Gasteiger partial charge in [0, 0.05) is 21.7 Å². The van der Waals surface area contributed by atoms with Crippen molar-refractivity contribution in [3.05, 3.63) is 80.9 Å². The van der Waals surface area contributed by atoms with E-state index in [-0.39, 0.29) is 16.7 Å². The molecule has 0 fully saturated rings. The van der Waals surface area contributed by atoms with Crippen LogP contribution in [0.15, 0.2) is 36.4 Å². The van der Waals surface area contributed by atoms with E-state index in [2.05, 4.69) is 10.6 Å². The van der Waals surface area contributed by atoms with Crippen molar-refractivity contribution in [2.45, 2.75) is 18.6 Å². The number of phenolic OH excluding ortho intramolecular Hbond substituents is 1. The first-order chi connectivity index (χ1) is 17.7. The quantitative estimate of drug-likeness (QED) is 0.232. The first-order valence-corrected chi connectivity index (χ1v) is 11.0. The van der Waals surface area contributed by atoms with Crippen LogP contribution in [0.4, 0.5) is 36.4 Å². The van der Waals surface area contributed by atoms with E-state index in [0.29, 0.717) is 6.07 Å². The first kappa shape index (κ1) is 27.0. The largest absolute Gasteiger partial charge is 0.505 e. The molecule has 0 aliphatic carbocycles. The van der Waals surface area contributed by atoms with Crippen molar-refractivity contribution in [1.82, 2.24) is 5.32 Å². The predicted molar refractivity (Wildman–Crippen MR) is 122 cm³/mol. The van der Waals surface area contributed by atoms with E-state index >= 15 is 0 Å². The van der Waals surface area contributed by atoms with Crippen molar-refractivity contribution >= 4 is 29.1 Å². The summed E-state index contributed by atoms with van der Waals surface area (Å²) in [5, 5.41) is 15.1. The number of hydrogen-bond donors (Lipinski definition) is 4. The minimum absolute atomic E-state index is 0.0850. The van der Waals surface area contributed by atoms with Crippen molar-refractivity contribution < 1.29 is 45.4 Å². The molecule has 200 valence electrons. The van der Waals surface area contributed by atoms with E-state index in [1.165, 1.54) is 0 Å². The Hall–Kier alpha value is -4.00. The zero-order valence-corrected chi connectivity index (χ0v) is 19.4. The van der Waals surface area contributed by atoms with Gasteiger partial charge in [0.25, 0.3) is 12.3 Å². The van der Waals surface area contributed by atoms with E-state index in [1.807, 2.05) is 0 Å². The van der Waals surface area contributed by atoms with Gasteiger partial charge in [0.2, 0.25) is 5.91 Å². The number of anilines is 1. The zero-order chi connectivity index (χ0) is 28.1. The third-order valence-corrected chi connectivity index (χ3v) is 6.13. The van der Waals surface area contributed by atoms with Crippen LogP contribution in [0.1, 0.15) is 43.4 Å². The van der Waals surface area contributed by atoms with E-state index in [9.17, 15) is 45.4 Å². The minimum Gasteiger partial charge on any atom is -0.505 e. The number of benzene rings is 3. The van der Waals surface area contributed by atoms with Crippen LogP contribution in [-0.4, -0.2) is 29.9 Å². The summed E-state index contributed by atoms with van der Waals surface area (Å²) in [5.41, 5.74) is -0.725. The van der Waals surface area contributed by atoms with Gasteiger partial charge in [-0.05, 0) is 42.0 Å². The molecule has 2 amide bonds. The molecule has 0 saturated heterocycles. The zero-order valence-electron chi connectivity index (χ0n) is 18.7. The van der Waals surface area contributed by atoms with Gasteiger partial charge in [-0.2, -0.15) is 13.2 Å². The van der Waals surface area contributed by atoms with Gasteiger partial charge in [-0.25, -0.2) is 17.6 Å². The summed E-state index contributed by atoms with van der Waals surface area (Å²) in [6.45, 7) is -1.08. The number of alkyl halides is 5. The topological polar surface area (TPSA) is 104 Å². The molecule has 1 aliphatic heterocycles. The molecule has 3 aromatic rings. The molecule has 38 heavy (non-hydrogen) atoms. The molecule has 6 nitrogen and oxygen atoms in total. The number of carbonyl (C=O) groups excluding carboxylic acids is 2. The molecule has 1 unspecified atom stereocenters. The Morgan fingerprint density at radius 2 is 1.79 bits per heavy atom. The van der Waals surface area contributed by atoms with Gasteiger partial charge in [0.1, 0.15) is 11.6 Å². The molecule has 14 heteroatoms. The van der Waals surface area contributed by atoms with Crippen LogP contribution in [0.5, 0.6) is 5.75 Å². The summed E-state index contributed by atoms with van der Waals surface area (Å²) in [4.78, 5) is 25.1. The molecular formula is C24H15ClF7N3O3. The minimum atomic E-state index is -5.27. The second-order valence-corrected chi connectivity index (χ2v) is 8.60. The van der Waals surface area contributed by atoms with Gasteiger partial charge < -0.3 is 21.5 Å². The van der Waals surface area contributed by atoms with Crippen LogP contribution in [0.2, 0.25) is 5.02 Å². The van der Waals surface area contributed by atoms with Crippen LogP contribution in [0.3, 0.4) is 0 Å². The van der Waals surface area contributed by atoms with E-state index < -0.39 is 93.5 Å². The average molecular weight is 562 g/mol. The Labute approximate surface area is 214 Å². The number of halogens is 8. The van der Waals surface area contributed by atoms with Gasteiger partial charge in [-0.3, -0.25) is 9.59 Å². The van der Waals surface area contributed by atoms with Crippen molar-refractivity contribution in [2.75, 3.05) is 11.9 Å². The highest BCUT2D eigenvalue weighted by Crippen LogP contribution is 2.50. The van der Waals surface area contributed by atoms with Crippen molar-refractivity contribution in [2.24, 2.45) is 5.73 Å². The van der Waals surface area contributed by atoms with Crippen molar-refractivity contribution in [3.8, 4) is 16.9 Å². The Kier molecular flexibility index (Phi) is 6.91. The first-order valence-electron chi connectivity index (χ1n) is 10.6. The second kappa shape index (κ2) is 9.71. The second-order valence-electron chi connectivity index (χ2n) is 8.19. The van der Waals surface area contributed by atoms with Gasteiger partial charge >= 0.3 is 6.18 Å². The Morgan fingerprint density at radius 3 is 2.39 bits per heavy atom. The number of fused-ring (bicyclic) bond motifs is 1. The van der Waals surface area contributed by atoms with Crippen LogP contribution >= 0.6 is 11.6 Å². The fourth-order valence-electron chi connectivity index (χ4n) is 4.31. The summed E-state index contributed by atoms with van der Waals surface area (Å²) in [7, 11) is 0. The normalized spacial score (nSPS) is 15.0. The molecule has 1 aliphatic rings. The van der Waals surface area contributed by atoms with E-state index in [1.54, 1.807) is 0 Å². The van der Waals surface area contributed by atoms with Gasteiger partial charge in [-0.15, -0.1) is 0 Å². The molecule has 0 spiro atoms. The predicted octanol–water partition coefficient (Wildman–Crippen LogP) is 5.62. The Morgan fingerprint density at radius 1 is 1.11 bits per heavy atom. The number of nitrogens with two attached hydrogens (primary N) is 1. The third kappa shape index (κ3) is 4.80. The monoisotopic (exact) mass is 561 g/mol. The lowest BCUT2D eigenvalue weighted by Gasteiger charge is -2.23. The number of phenols is 1. The van der Waals surface area contributed by atoms with Crippen molar-refractivity contribution in [3.63, 3.8) is 0 Å². The molecule has 1 heterocycles. The molecular weight excluding hydrogens is 547 g/mol. The number of hydrogen-bond acceptors (Lipinski definition) is 4. The maximum Gasteiger partial charge on any atom is 0.417 e. The summed E-state index contributed by atoms with van der Waals surface area (Å²) in [6, 6.07) is 2.81. The maximum atomic E-state index is 14.2. The smallest absolute Gasteiger partial charge is 0.417 e. The number of aromatic hydroxyl groups is 1. The van der Waals surface area contributed by atoms with E-state index in [0.717, 1.165) is 24.3 Å². The highest BCUT2D eigenvalue weighted by molar-refractivity contribution is 6.31. The molecule has 3 aromatic carbocycles. The Balaban J connectivity index is 2.16. The van der Waals surface area contributed by atoms with Gasteiger partial charge in [-0.1, -0.05) is 11.6 Å².